The quantitative estimate of drug-likeness (QED) is 0.654. The van der Waals surface area contributed by atoms with Crippen LogP contribution in [0.25, 0.3) is 0 Å². The Morgan fingerprint density at radius 3 is 2.76 bits per heavy atom. The molecule has 0 aromatic heterocycles. The zero-order chi connectivity index (χ0) is 15.1. The van der Waals surface area contributed by atoms with E-state index in [0.717, 1.165) is 19.4 Å². The predicted molar refractivity (Wildman–Crippen MR) is 82.1 cm³/mol. The molecule has 0 saturated carbocycles. The zero-order valence-corrected chi connectivity index (χ0v) is 12.2. The fourth-order valence-corrected chi connectivity index (χ4v) is 2.26. The summed E-state index contributed by atoms with van der Waals surface area (Å²) in [6.45, 7) is 3.28. The standard InChI is InChI=1S/C15H22N4O2/c1-11(14(20)17-10-13-8-5-9-16-13)18-15(21)19-12-6-3-2-4-7-12/h2-4,6-7,11,13,16H,5,8-10H2,1H3,(H,17,20)(H2,18,19,21). The molecule has 0 radical (unpaired) electrons. The highest BCUT2D eigenvalue weighted by Gasteiger charge is 2.18. The highest BCUT2D eigenvalue weighted by Crippen LogP contribution is 2.05. The number of urea groups is 1. The number of amides is 3. The molecule has 0 aliphatic carbocycles. The summed E-state index contributed by atoms with van der Waals surface area (Å²) < 4.78 is 0. The Balaban J connectivity index is 1.70. The molecule has 0 bridgehead atoms. The van der Waals surface area contributed by atoms with Crippen molar-refractivity contribution in [2.24, 2.45) is 0 Å². The van der Waals surface area contributed by atoms with Crippen LogP contribution in [0.4, 0.5) is 10.5 Å². The van der Waals surface area contributed by atoms with E-state index < -0.39 is 6.04 Å². The molecule has 21 heavy (non-hydrogen) atoms. The van der Waals surface area contributed by atoms with Crippen molar-refractivity contribution in [3.05, 3.63) is 30.3 Å². The molecule has 6 nitrogen and oxygen atoms in total. The SMILES string of the molecule is CC(NC(=O)Nc1ccccc1)C(=O)NCC1CCCN1. The van der Waals surface area contributed by atoms with Crippen LogP contribution in [0.15, 0.2) is 30.3 Å². The van der Waals surface area contributed by atoms with Crippen LogP contribution in [-0.4, -0.2) is 37.1 Å². The van der Waals surface area contributed by atoms with Crippen molar-refractivity contribution in [3.63, 3.8) is 0 Å². The molecule has 1 heterocycles. The van der Waals surface area contributed by atoms with Crippen molar-refractivity contribution in [3.8, 4) is 0 Å². The van der Waals surface area contributed by atoms with Gasteiger partial charge in [0.05, 0.1) is 0 Å². The molecule has 1 aromatic carbocycles. The van der Waals surface area contributed by atoms with E-state index >= 15 is 0 Å². The third-order valence-electron chi connectivity index (χ3n) is 3.46. The summed E-state index contributed by atoms with van der Waals surface area (Å²) in [6.07, 6.45) is 2.23. The number of rotatable bonds is 5. The first kappa shape index (κ1) is 15.3. The van der Waals surface area contributed by atoms with Crippen LogP contribution >= 0.6 is 0 Å². The number of nitrogens with one attached hydrogen (secondary N) is 4. The van der Waals surface area contributed by atoms with E-state index in [0.29, 0.717) is 18.3 Å². The van der Waals surface area contributed by atoms with E-state index in [9.17, 15) is 9.59 Å². The van der Waals surface area contributed by atoms with Gasteiger partial charge in [0.15, 0.2) is 0 Å². The number of hydrogen-bond donors (Lipinski definition) is 4. The number of para-hydroxylation sites is 1. The Kier molecular flexibility index (Phi) is 5.57. The largest absolute Gasteiger partial charge is 0.353 e. The molecule has 1 aromatic rings. The zero-order valence-electron chi connectivity index (χ0n) is 12.2. The second kappa shape index (κ2) is 7.64. The topological polar surface area (TPSA) is 82.3 Å². The summed E-state index contributed by atoms with van der Waals surface area (Å²) in [4.78, 5) is 23.7. The fraction of sp³-hybridized carbons (Fsp3) is 0.467. The van der Waals surface area contributed by atoms with E-state index in [-0.39, 0.29) is 11.9 Å². The van der Waals surface area contributed by atoms with Crippen LogP contribution < -0.4 is 21.3 Å². The van der Waals surface area contributed by atoms with Crippen LogP contribution in [0.2, 0.25) is 0 Å². The van der Waals surface area contributed by atoms with E-state index in [1.807, 2.05) is 18.2 Å². The van der Waals surface area contributed by atoms with Gasteiger partial charge in [0.1, 0.15) is 6.04 Å². The van der Waals surface area contributed by atoms with Crippen molar-refractivity contribution < 1.29 is 9.59 Å². The number of hydrogen-bond acceptors (Lipinski definition) is 3. The third-order valence-corrected chi connectivity index (χ3v) is 3.46. The maximum atomic E-state index is 11.9. The lowest BCUT2D eigenvalue weighted by molar-refractivity contribution is -0.122. The van der Waals surface area contributed by atoms with Crippen LogP contribution in [0, 0.1) is 0 Å². The lowest BCUT2D eigenvalue weighted by Gasteiger charge is -2.17. The van der Waals surface area contributed by atoms with Gasteiger partial charge in [-0.25, -0.2) is 4.79 Å². The molecule has 2 unspecified atom stereocenters. The monoisotopic (exact) mass is 290 g/mol. The van der Waals surface area contributed by atoms with Crippen LogP contribution in [0.5, 0.6) is 0 Å². The molecular weight excluding hydrogens is 268 g/mol. The number of benzene rings is 1. The predicted octanol–water partition coefficient (Wildman–Crippen LogP) is 1.06. The molecule has 1 saturated heterocycles. The van der Waals surface area contributed by atoms with Crippen LogP contribution in [0.1, 0.15) is 19.8 Å². The first-order valence-electron chi connectivity index (χ1n) is 7.29. The van der Waals surface area contributed by atoms with Gasteiger partial charge in [0.25, 0.3) is 0 Å². The number of anilines is 1. The summed E-state index contributed by atoms with van der Waals surface area (Å²) in [5.74, 6) is -0.174. The van der Waals surface area contributed by atoms with E-state index in [1.54, 1.807) is 19.1 Å². The van der Waals surface area contributed by atoms with Gasteiger partial charge in [-0.3, -0.25) is 4.79 Å². The highest BCUT2D eigenvalue weighted by atomic mass is 16.2. The molecule has 0 spiro atoms. The summed E-state index contributed by atoms with van der Waals surface area (Å²) in [5, 5.41) is 11.5. The van der Waals surface area contributed by atoms with Crippen LogP contribution in [0.3, 0.4) is 0 Å². The van der Waals surface area contributed by atoms with E-state index in [1.165, 1.54) is 0 Å². The minimum Gasteiger partial charge on any atom is -0.353 e. The van der Waals surface area contributed by atoms with E-state index in [4.69, 9.17) is 0 Å². The third kappa shape index (κ3) is 5.07. The highest BCUT2D eigenvalue weighted by molar-refractivity contribution is 5.93. The van der Waals surface area contributed by atoms with Crippen molar-refractivity contribution in [2.45, 2.75) is 31.8 Å². The summed E-state index contributed by atoms with van der Waals surface area (Å²) in [6, 6.07) is 8.50. The van der Waals surface area contributed by atoms with E-state index in [2.05, 4.69) is 21.3 Å². The number of carbonyl (C=O) groups excluding carboxylic acids is 2. The lowest BCUT2D eigenvalue weighted by atomic mass is 10.2. The second-order valence-corrected chi connectivity index (χ2v) is 5.22. The van der Waals surface area contributed by atoms with Gasteiger partial charge in [-0.15, -0.1) is 0 Å². The molecule has 1 fully saturated rings. The molecule has 114 valence electrons. The van der Waals surface area contributed by atoms with Crippen molar-refractivity contribution >= 4 is 17.6 Å². The van der Waals surface area contributed by atoms with Gasteiger partial charge < -0.3 is 21.3 Å². The molecule has 2 atom stereocenters. The molecule has 4 N–H and O–H groups in total. The maximum absolute atomic E-state index is 11.9. The molecule has 1 aliphatic heterocycles. The minimum atomic E-state index is -0.574. The molecule has 1 aliphatic rings. The van der Waals surface area contributed by atoms with Gasteiger partial charge in [-0.1, -0.05) is 18.2 Å². The normalized spacial score (nSPS) is 18.8. The van der Waals surface area contributed by atoms with Crippen LogP contribution in [-0.2, 0) is 4.79 Å². The van der Waals surface area contributed by atoms with Crippen molar-refractivity contribution in [1.29, 1.82) is 0 Å². The van der Waals surface area contributed by atoms with Gasteiger partial charge in [-0.2, -0.15) is 0 Å². The fourth-order valence-electron chi connectivity index (χ4n) is 2.26. The summed E-state index contributed by atoms with van der Waals surface area (Å²) >= 11 is 0. The molecule has 3 amide bonds. The van der Waals surface area contributed by atoms with Crippen molar-refractivity contribution in [2.75, 3.05) is 18.4 Å². The van der Waals surface area contributed by atoms with Gasteiger partial charge in [0, 0.05) is 18.3 Å². The Labute approximate surface area is 124 Å². The smallest absolute Gasteiger partial charge is 0.319 e. The second-order valence-electron chi connectivity index (χ2n) is 5.22. The van der Waals surface area contributed by atoms with Crippen molar-refractivity contribution in [1.82, 2.24) is 16.0 Å². The van der Waals surface area contributed by atoms with Gasteiger partial charge >= 0.3 is 6.03 Å². The average molecular weight is 290 g/mol. The van der Waals surface area contributed by atoms with Gasteiger partial charge in [-0.05, 0) is 38.4 Å². The first-order chi connectivity index (χ1) is 10.1. The summed E-state index contributed by atoms with van der Waals surface area (Å²) in [5.41, 5.74) is 0.692. The average Bonchev–Trinajstić information content (AvgIpc) is 2.98. The Bertz CT molecular complexity index is 472. The lowest BCUT2D eigenvalue weighted by Crippen LogP contribution is -2.48. The van der Waals surface area contributed by atoms with Gasteiger partial charge in [0.2, 0.25) is 5.91 Å². The molecule has 2 rings (SSSR count). The number of carbonyl (C=O) groups is 2. The summed E-state index contributed by atoms with van der Waals surface area (Å²) in [7, 11) is 0. The molecular formula is C15H22N4O2. The first-order valence-corrected chi connectivity index (χ1v) is 7.29. The molecule has 6 heteroatoms. The minimum absolute atomic E-state index is 0.174. The Morgan fingerprint density at radius 2 is 2.10 bits per heavy atom. The Hall–Kier alpha value is -2.08. The Morgan fingerprint density at radius 1 is 1.33 bits per heavy atom. The maximum Gasteiger partial charge on any atom is 0.319 e.